The Labute approximate surface area is 378 Å². The van der Waals surface area contributed by atoms with Crippen LogP contribution in [0.1, 0.15) is 85.8 Å². The summed E-state index contributed by atoms with van der Waals surface area (Å²) in [4.78, 5) is 62.5. The van der Waals surface area contributed by atoms with Crippen molar-refractivity contribution in [1.29, 1.82) is 0 Å². The third-order valence-corrected chi connectivity index (χ3v) is 13.9. The van der Waals surface area contributed by atoms with Crippen LogP contribution in [0.25, 0.3) is 17.0 Å². The molecule has 0 aliphatic carbocycles. The number of amides is 1. The number of esters is 1. The number of carbonyl (C=O) groups excluding carboxylic acids is 4. The number of rotatable bonds is 10. The van der Waals surface area contributed by atoms with Crippen LogP contribution in [0, 0.1) is 23.7 Å². The number of aliphatic hydroxyl groups is 1. The fourth-order valence-corrected chi connectivity index (χ4v) is 10.1. The average molecular weight is 937 g/mol. The lowest BCUT2D eigenvalue weighted by Gasteiger charge is -2.47. The Bertz CT molecular complexity index is 2190. The molecule has 0 saturated carbocycles. The Morgan fingerprint density at radius 2 is 1.75 bits per heavy atom. The summed E-state index contributed by atoms with van der Waals surface area (Å²) in [5.74, 6) is -5.32. The van der Waals surface area contributed by atoms with Gasteiger partial charge in [-0.15, -0.1) is 0 Å². The highest BCUT2D eigenvalue weighted by Gasteiger charge is 2.57. The van der Waals surface area contributed by atoms with Gasteiger partial charge in [-0.1, -0.05) is 70.2 Å². The molecule has 1 amide bonds. The number of Topliss-reactive ketones (excluding diaryl/α,β-unsaturated/α-hetero) is 2. The number of nitrogens with one attached hydrogen (secondary N) is 1. The van der Waals surface area contributed by atoms with E-state index in [1.54, 1.807) is 53.8 Å². The first kappa shape index (κ1) is 48.2. The number of ketones is 2. The van der Waals surface area contributed by atoms with Crippen LogP contribution < -0.4 is 5.32 Å². The highest BCUT2D eigenvalue weighted by atomic mass is 79.9. The number of nitrogens with zero attached hydrogens (tertiary/aromatic N) is 2. The fourth-order valence-electron chi connectivity index (χ4n) is 9.73. The van der Waals surface area contributed by atoms with Crippen LogP contribution in [0.15, 0.2) is 65.3 Å². The number of cyclic esters (lactones) is 1. The molecule has 1 aromatic heterocycles. The molecule has 3 aliphatic rings. The van der Waals surface area contributed by atoms with Crippen molar-refractivity contribution in [3.63, 3.8) is 0 Å². The van der Waals surface area contributed by atoms with Crippen LogP contribution in [-0.2, 0) is 44.6 Å². The first-order chi connectivity index (χ1) is 29.8. The minimum absolute atomic E-state index is 0.0207. The predicted molar refractivity (Wildman–Crippen MR) is 239 cm³/mol. The van der Waals surface area contributed by atoms with Gasteiger partial charge >= 0.3 is 12.1 Å². The van der Waals surface area contributed by atoms with E-state index in [1.807, 2.05) is 73.5 Å². The molecule has 4 heterocycles. The molecule has 13 atom stereocenters. The molecular formula is C48H62BrN3O11. The number of hydrogen-bond acceptors (Lipinski definition) is 13. The molecule has 3 fully saturated rings. The lowest BCUT2D eigenvalue weighted by molar-refractivity contribution is -0.297. The van der Waals surface area contributed by atoms with Gasteiger partial charge in [0.15, 0.2) is 17.7 Å². The van der Waals surface area contributed by atoms with E-state index in [0.29, 0.717) is 23.0 Å². The quantitative estimate of drug-likeness (QED) is 0.138. The number of halogens is 1. The Hall–Kier alpha value is -4.25. The van der Waals surface area contributed by atoms with Gasteiger partial charge in [-0.3, -0.25) is 24.3 Å². The highest BCUT2D eigenvalue weighted by Crippen LogP contribution is 2.41. The van der Waals surface area contributed by atoms with Gasteiger partial charge in [0.25, 0.3) is 0 Å². The number of phenols is 1. The lowest BCUT2D eigenvalue weighted by atomic mass is 9.73. The van der Waals surface area contributed by atoms with Crippen molar-refractivity contribution in [2.75, 3.05) is 13.7 Å². The number of pyridine rings is 1. The molecule has 3 aliphatic heterocycles. The number of aromatic hydroxyl groups is 1. The normalized spacial score (nSPS) is 34.7. The number of carbonyl (C=O) groups is 4. The average Bonchev–Trinajstić information content (AvgIpc) is 3.57. The number of phenolic OH excluding ortho intramolecular Hbond substituents is 1. The maximum atomic E-state index is 14.7. The number of fused-ring (bicyclic) bond motifs is 2. The van der Waals surface area contributed by atoms with Crippen molar-refractivity contribution >= 4 is 56.5 Å². The summed E-state index contributed by atoms with van der Waals surface area (Å²) in [5.41, 5.74) is -0.493. The molecule has 0 spiro atoms. The molecule has 342 valence electrons. The minimum Gasteiger partial charge on any atom is -0.506 e. The molecule has 63 heavy (non-hydrogen) atoms. The van der Waals surface area contributed by atoms with Crippen molar-refractivity contribution in [1.82, 2.24) is 15.2 Å². The molecule has 0 radical (unpaired) electrons. The summed E-state index contributed by atoms with van der Waals surface area (Å²) >= 11 is 3.39. The van der Waals surface area contributed by atoms with E-state index in [-0.39, 0.29) is 31.0 Å². The second-order valence-corrected chi connectivity index (χ2v) is 18.9. The van der Waals surface area contributed by atoms with E-state index >= 15 is 0 Å². The highest BCUT2D eigenvalue weighted by molar-refractivity contribution is 9.10. The maximum Gasteiger partial charge on any atom is 0.408 e. The first-order valence-electron chi connectivity index (χ1n) is 21.9. The number of ether oxygens (including phenoxy) is 5. The molecular weight excluding hydrogens is 874 g/mol. The lowest BCUT2D eigenvalue weighted by Crippen LogP contribution is -2.60. The van der Waals surface area contributed by atoms with Crippen LogP contribution in [0.3, 0.4) is 0 Å². The molecule has 2 aromatic carbocycles. The van der Waals surface area contributed by atoms with Gasteiger partial charge in [0.05, 0.1) is 40.4 Å². The molecule has 6 rings (SSSR count). The summed E-state index contributed by atoms with van der Waals surface area (Å²) in [7, 11) is 1.84. The third-order valence-electron chi connectivity index (χ3n) is 13.3. The van der Waals surface area contributed by atoms with E-state index in [1.165, 1.54) is 6.92 Å². The van der Waals surface area contributed by atoms with Crippen LogP contribution in [0.5, 0.6) is 5.75 Å². The van der Waals surface area contributed by atoms with E-state index in [4.69, 9.17) is 23.7 Å². The Morgan fingerprint density at radius 3 is 2.48 bits per heavy atom. The van der Waals surface area contributed by atoms with E-state index in [2.05, 4.69) is 26.2 Å². The molecule has 15 heteroatoms. The first-order valence-corrected chi connectivity index (χ1v) is 22.7. The third kappa shape index (κ3) is 10.3. The molecule has 3 aromatic rings. The minimum atomic E-state index is -1.43. The topological polar surface area (TPSA) is 183 Å². The maximum absolute atomic E-state index is 14.7. The SMILES string of the molecule is CC[C@H]1OC(=O)[C@H](C)C(=O)[C@H](C)[C@@H](OC2O[C@H](C)C[C@H](N(C)Cc3cccc(Br)c3O)[C@H]2O)[C@@](C)(OC/C=C/c2cnc3ccccc3c2)C[C@@H](C)C(=O)[C@H](C)[C@H]2NC(=O)O[C@@]21C. The zero-order valence-corrected chi connectivity index (χ0v) is 39.2. The second kappa shape index (κ2) is 19.9. The monoisotopic (exact) mass is 935 g/mol. The summed E-state index contributed by atoms with van der Waals surface area (Å²) in [6.07, 6.45) is 0.349. The van der Waals surface area contributed by atoms with Gasteiger partial charge in [0.2, 0.25) is 0 Å². The van der Waals surface area contributed by atoms with Gasteiger partial charge < -0.3 is 39.2 Å². The predicted octanol–water partition coefficient (Wildman–Crippen LogP) is 7.15. The van der Waals surface area contributed by atoms with Gasteiger partial charge in [0.1, 0.15) is 29.7 Å². The number of hydrogen-bond donors (Lipinski definition) is 3. The Balaban J connectivity index is 1.38. The van der Waals surface area contributed by atoms with Crippen molar-refractivity contribution in [2.45, 2.75) is 135 Å². The largest absolute Gasteiger partial charge is 0.506 e. The zero-order chi connectivity index (χ0) is 46.0. The van der Waals surface area contributed by atoms with Crippen LogP contribution in [-0.4, -0.2) is 111 Å². The smallest absolute Gasteiger partial charge is 0.408 e. The van der Waals surface area contributed by atoms with Gasteiger partial charge in [-0.05, 0) is 93.7 Å². The number of aromatic nitrogens is 1. The Kier molecular flexibility index (Phi) is 15.2. The molecule has 3 saturated heterocycles. The van der Waals surface area contributed by atoms with Crippen molar-refractivity contribution in [3.05, 3.63) is 76.4 Å². The van der Waals surface area contributed by atoms with Gasteiger partial charge in [-0.2, -0.15) is 0 Å². The van der Waals surface area contributed by atoms with E-state index in [9.17, 15) is 29.4 Å². The van der Waals surface area contributed by atoms with E-state index < -0.39 is 95.5 Å². The van der Waals surface area contributed by atoms with Crippen LogP contribution in [0.4, 0.5) is 4.79 Å². The van der Waals surface area contributed by atoms with E-state index in [0.717, 1.165) is 16.5 Å². The van der Waals surface area contributed by atoms with Crippen molar-refractivity contribution < 1.29 is 53.1 Å². The fraction of sp³-hybridized carbons (Fsp3) is 0.562. The summed E-state index contributed by atoms with van der Waals surface area (Å²) in [5, 5.41) is 26.6. The Morgan fingerprint density at radius 1 is 1.02 bits per heavy atom. The van der Waals surface area contributed by atoms with Gasteiger partial charge in [-0.25, -0.2) is 4.79 Å². The van der Waals surface area contributed by atoms with Gasteiger partial charge in [0, 0.05) is 47.5 Å². The number of para-hydroxylation sites is 2. The number of aliphatic hydroxyl groups excluding tert-OH is 1. The number of likely N-dealkylation sites (N-methyl/N-ethyl adjacent to an activating group) is 1. The molecule has 14 nitrogen and oxygen atoms in total. The summed E-state index contributed by atoms with van der Waals surface area (Å²) in [6, 6.07) is 13.8. The van der Waals surface area contributed by atoms with Crippen LogP contribution in [0.2, 0.25) is 0 Å². The summed E-state index contributed by atoms with van der Waals surface area (Å²) in [6.45, 7) is 14.0. The van der Waals surface area contributed by atoms with Crippen molar-refractivity contribution in [3.8, 4) is 5.75 Å². The van der Waals surface area contributed by atoms with Crippen LogP contribution >= 0.6 is 15.9 Å². The number of benzene rings is 2. The molecule has 3 N–H and O–H groups in total. The zero-order valence-electron chi connectivity index (χ0n) is 37.6. The second-order valence-electron chi connectivity index (χ2n) is 18.1. The summed E-state index contributed by atoms with van der Waals surface area (Å²) < 4.78 is 32.3. The standard InChI is InChI=1S/C48H62BrN3O11/c1-10-37-48(8)42(51-46(58)63-48)28(4)38(53)26(2)23-47(7,59-20-14-15-31-22-32-16-11-12-19-35(32)50-24-31)43(29(5)39(54)30(6)44(57)61-37)62-45-41(56)36(21-27(3)60-45)52(9)25-33-17-13-18-34(49)40(33)55/h11-19,22,24,26-30,36-37,41-43,45,55-56H,10,20-21,23,25H2,1-9H3,(H,51,58)/b15-14+/t26-,27-,28+,29+,30-,36+,37-,41-,42-,43-,45?,47+,48-/m1/s1. The molecule has 1 unspecified atom stereocenters. The van der Waals surface area contributed by atoms with Crippen molar-refractivity contribution in [2.24, 2.45) is 23.7 Å². The number of alkyl carbamates (subject to hydrolysis) is 1. The molecule has 0 bridgehead atoms.